The molecule has 0 heterocycles. The lowest BCUT2D eigenvalue weighted by atomic mass is 9.68. The van der Waals surface area contributed by atoms with Crippen molar-refractivity contribution in [3.63, 3.8) is 0 Å². The molecule has 94 valence electrons. The summed E-state index contributed by atoms with van der Waals surface area (Å²) in [5, 5.41) is 0. The molecule has 0 atom stereocenters. The Morgan fingerprint density at radius 2 is 1.82 bits per heavy atom. The van der Waals surface area contributed by atoms with Crippen LogP contribution >= 0.6 is 0 Å². The van der Waals surface area contributed by atoms with Gasteiger partial charge < -0.3 is 5.73 Å². The minimum Gasteiger partial charge on any atom is -0.330 e. The summed E-state index contributed by atoms with van der Waals surface area (Å²) >= 11 is 0. The van der Waals surface area contributed by atoms with E-state index in [4.69, 9.17) is 5.73 Å². The number of nitrogens with two attached hydrogens (primary N) is 1. The first kappa shape index (κ1) is 12.6. The van der Waals surface area contributed by atoms with Crippen LogP contribution < -0.4 is 5.73 Å². The second-order valence-corrected chi connectivity index (χ2v) is 5.41. The van der Waals surface area contributed by atoms with E-state index in [1.807, 2.05) is 19.9 Å². The van der Waals surface area contributed by atoms with Crippen LogP contribution in [0.3, 0.4) is 0 Å². The zero-order valence-electron chi connectivity index (χ0n) is 10.9. The van der Waals surface area contributed by atoms with Gasteiger partial charge in [-0.05, 0) is 43.4 Å². The van der Waals surface area contributed by atoms with Crippen LogP contribution in [0.1, 0.15) is 48.8 Å². The predicted molar refractivity (Wildman–Crippen MR) is 69.7 cm³/mol. The molecule has 0 aliphatic heterocycles. The van der Waals surface area contributed by atoms with Gasteiger partial charge in [0.2, 0.25) is 0 Å². The predicted octanol–water partition coefficient (Wildman–Crippen LogP) is 3.60. The van der Waals surface area contributed by atoms with Crippen LogP contribution in [0.25, 0.3) is 0 Å². The quantitative estimate of drug-likeness (QED) is 0.832. The highest BCUT2D eigenvalue weighted by Crippen LogP contribution is 2.40. The van der Waals surface area contributed by atoms with Gasteiger partial charge in [-0.2, -0.15) is 0 Å². The summed E-state index contributed by atoms with van der Waals surface area (Å²) in [4.78, 5) is 0. The molecular formula is C15H22FN. The second-order valence-electron chi connectivity index (χ2n) is 5.41. The standard InChI is InChI=1S/C15H22FN/c1-11-6-7-13(12(2)14(11)16)15(10-17)8-4-3-5-9-15/h6-7H,3-5,8-10,17H2,1-2H3. The second kappa shape index (κ2) is 4.77. The molecule has 0 bridgehead atoms. The summed E-state index contributed by atoms with van der Waals surface area (Å²) in [5.74, 6) is -0.0547. The Labute approximate surface area is 103 Å². The minimum absolute atomic E-state index is 0.0247. The van der Waals surface area contributed by atoms with Crippen molar-refractivity contribution in [2.24, 2.45) is 5.73 Å². The molecule has 2 rings (SSSR count). The zero-order valence-corrected chi connectivity index (χ0v) is 10.9. The first-order chi connectivity index (χ1) is 8.10. The molecule has 1 fully saturated rings. The zero-order chi connectivity index (χ0) is 12.5. The van der Waals surface area contributed by atoms with Gasteiger partial charge in [0.15, 0.2) is 0 Å². The normalized spacial score (nSPS) is 19.3. The third kappa shape index (κ3) is 2.11. The van der Waals surface area contributed by atoms with Gasteiger partial charge in [0, 0.05) is 12.0 Å². The molecular weight excluding hydrogens is 213 g/mol. The maximum atomic E-state index is 14.0. The molecule has 17 heavy (non-hydrogen) atoms. The molecule has 0 unspecified atom stereocenters. The molecule has 2 heteroatoms. The number of hydrogen-bond donors (Lipinski definition) is 1. The molecule has 1 aromatic rings. The van der Waals surface area contributed by atoms with Gasteiger partial charge in [-0.15, -0.1) is 0 Å². The van der Waals surface area contributed by atoms with Crippen LogP contribution in [0.5, 0.6) is 0 Å². The molecule has 0 amide bonds. The first-order valence-corrected chi connectivity index (χ1v) is 6.57. The van der Waals surface area contributed by atoms with Crippen LogP contribution in [-0.2, 0) is 5.41 Å². The summed E-state index contributed by atoms with van der Waals surface area (Å²) in [6.45, 7) is 4.35. The third-order valence-corrected chi connectivity index (χ3v) is 4.35. The highest BCUT2D eigenvalue weighted by Gasteiger charge is 2.34. The van der Waals surface area contributed by atoms with E-state index in [-0.39, 0.29) is 11.2 Å². The molecule has 1 aliphatic rings. The number of benzene rings is 1. The fraction of sp³-hybridized carbons (Fsp3) is 0.600. The van der Waals surface area contributed by atoms with Crippen LogP contribution in [0, 0.1) is 19.7 Å². The minimum atomic E-state index is -0.0547. The van der Waals surface area contributed by atoms with Crippen molar-refractivity contribution >= 4 is 0 Å². The Bertz CT molecular complexity index is 406. The van der Waals surface area contributed by atoms with Gasteiger partial charge in [-0.1, -0.05) is 31.4 Å². The summed E-state index contributed by atoms with van der Waals surface area (Å²) in [7, 11) is 0. The fourth-order valence-electron chi connectivity index (χ4n) is 3.21. The lowest BCUT2D eigenvalue weighted by molar-refractivity contribution is 0.298. The van der Waals surface area contributed by atoms with E-state index in [0.717, 1.165) is 29.5 Å². The molecule has 1 nitrogen and oxygen atoms in total. The molecule has 2 N–H and O–H groups in total. The summed E-state index contributed by atoms with van der Waals surface area (Å²) in [5.41, 5.74) is 8.70. The Hall–Kier alpha value is -0.890. The van der Waals surface area contributed by atoms with Gasteiger partial charge in [-0.25, -0.2) is 4.39 Å². The van der Waals surface area contributed by atoms with Crippen molar-refractivity contribution in [2.75, 3.05) is 6.54 Å². The monoisotopic (exact) mass is 235 g/mol. The molecule has 1 aliphatic carbocycles. The number of aryl methyl sites for hydroxylation is 1. The maximum Gasteiger partial charge on any atom is 0.129 e. The van der Waals surface area contributed by atoms with Crippen molar-refractivity contribution in [3.8, 4) is 0 Å². The van der Waals surface area contributed by atoms with Crippen LogP contribution in [0.2, 0.25) is 0 Å². The van der Waals surface area contributed by atoms with E-state index in [0.29, 0.717) is 6.54 Å². The Morgan fingerprint density at radius 1 is 1.18 bits per heavy atom. The van der Waals surface area contributed by atoms with Gasteiger partial charge in [-0.3, -0.25) is 0 Å². The number of halogens is 1. The molecule has 0 saturated heterocycles. The topological polar surface area (TPSA) is 26.0 Å². The largest absolute Gasteiger partial charge is 0.330 e. The molecule has 0 spiro atoms. The smallest absolute Gasteiger partial charge is 0.129 e. The van der Waals surface area contributed by atoms with Gasteiger partial charge in [0.25, 0.3) is 0 Å². The van der Waals surface area contributed by atoms with E-state index in [2.05, 4.69) is 6.07 Å². The van der Waals surface area contributed by atoms with Crippen LogP contribution in [0.4, 0.5) is 4.39 Å². The highest BCUT2D eigenvalue weighted by atomic mass is 19.1. The summed E-state index contributed by atoms with van der Waals surface area (Å²) in [6, 6.07) is 3.98. The first-order valence-electron chi connectivity index (χ1n) is 6.57. The van der Waals surface area contributed by atoms with Gasteiger partial charge in [0.1, 0.15) is 5.82 Å². The van der Waals surface area contributed by atoms with Crippen molar-refractivity contribution in [1.82, 2.24) is 0 Å². The number of hydrogen-bond acceptors (Lipinski definition) is 1. The van der Waals surface area contributed by atoms with Gasteiger partial charge in [0.05, 0.1) is 0 Å². The molecule has 0 radical (unpaired) electrons. The van der Waals surface area contributed by atoms with E-state index in [1.54, 1.807) is 0 Å². The Balaban J connectivity index is 2.47. The summed E-state index contributed by atoms with van der Waals surface area (Å²) < 4.78 is 14.0. The van der Waals surface area contributed by atoms with E-state index >= 15 is 0 Å². The average molecular weight is 235 g/mol. The van der Waals surface area contributed by atoms with Crippen LogP contribution in [-0.4, -0.2) is 6.54 Å². The molecule has 0 aromatic heterocycles. The third-order valence-electron chi connectivity index (χ3n) is 4.35. The van der Waals surface area contributed by atoms with E-state index < -0.39 is 0 Å². The maximum absolute atomic E-state index is 14.0. The van der Waals surface area contributed by atoms with Gasteiger partial charge >= 0.3 is 0 Å². The van der Waals surface area contributed by atoms with Crippen LogP contribution in [0.15, 0.2) is 12.1 Å². The SMILES string of the molecule is Cc1ccc(C2(CN)CCCCC2)c(C)c1F. The fourth-order valence-corrected chi connectivity index (χ4v) is 3.21. The summed E-state index contributed by atoms with van der Waals surface area (Å²) in [6.07, 6.45) is 5.92. The molecule has 1 saturated carbocycles. The van der Waals surface area contributed by atoms with Crippen molar-refractivity contribution in [3.05, 3.63) is 34.6 Å². The average Bonchev–Trinajstić information content (AvgIpc) is 2.37. The van der Waals surface area contributed by atoms with Crippen molar-refractivity contribution in [2.45, 2.75) is 51.4 Å². The van der Waals surface area contributed by atoms with E-state index in [9.17, 15) is 4.39 Å². The van der Waals surface area contributed by atoms with E-state index in [1.165, 1.54) is 19.3 Å². The highest BCUT2D eigenvalue weighted by molar-refractivity contribution is 5.38. The molecule has 1 aromatic carbocycles. The Morgan fingerprint density at radius 3 is 2.41 bits per heavy atom. The number of rotatable bonds is 2. The lowest BCUT2D eigenvalue weighted by Gasteiger charge is -2.38. The van der Waals surface area contributed by atoms with Crippen molar-refractivity contribution < 1.29 is 4.39 Å². The Kier molecular flexibility index (Phi) is 3.53. The van der Waals surface area contributed by atoms with Crippen molar-refractivity contribution in [1.29, 1.82) is 0 Å². The lowest BCUT2D eigenvalue weighted by Crippen LogP contribution is -2.38.